The Morgan fingerprint density at radius 2 is 2.07 bits per heavy atom. The predicted molar refractivity (Wildman–Crippen MR) is 117 cm³/mol. The molecule has 2 aromatic heterocycles. The van der Waals surface area contributed by atoms with E-state index in [0.29, 0.717) is 10.8 Å². The number of nitrogens with zero attached hydrogens (tertiary/aromatic N) is 4. The summed E-state index contributed by atoms with van der Waals surface area (Å²) in [5.74, 6) is 1.43. The molecule has 0 saturated carbocycles. The fraction of sp³-hybridized carbons (Fsp3) is 0.381. The van der Waals surface area contributed by atoms with E-state index in [2.05, 4.69) is 16.8 Å². The number of benzene rings is 1. The van der Waals surface area contributed by atoms with E-state index in [-0.39, 0.29) is 6.04 Å². The van der Waals surface area contributed by atoms with Crippen molar-refractivity contribution in [2.45, 2.75) is 25.1 Å². The fourth-order valence-corrected chi connectivity index (χ4v) is 4.68. The van der Waals surface area contributed by atoms with E-state index in [0.717, 1.165) is 42.3 Å². The third-order valence-electron chi connectivity index (χ3n) is 5.34. The molecule has 1 aromatic carbocycles. The van der Waals surface area contributed by atoms with Crippen molar-refractivity contribution in [3.8, 4) is 11.4 Å². The van der Waals surface area contributed by atoms with Crippen molar-refractivity contribution in [3.05, 3.63) is 57.9 Å². The smallest absolute Gasteiger partial charge is 0.164 e. The summed E-state index contributed by atoms with van der Waals surface area (Å²) in [6.45, 7) is 2.01. The molecule has 1 aliphatic rings. The monoisotopic (exact) mass is 432 g/mol. The Morgan fingerprint density at radius 1 is 1.28 bits per heavy atom. The van der Waals surface area contributed by atoms with E-state index in [1.54, 1.807) is 29.2 Å². The van der Waals surface area contributed by atoms with Crippen LogP contribution in [0.25, 0.3) is 5.69 Å². The lowest BCUT2D eigenvalue weighted by molar-refractivity contribution is 0.142. The second-order valence-electron chi connectivity index (χ2n) is 7.30. The third-order valence-corrected chi connectivity index (χ3v) is 6.47. The highest BCUT2D eigenvalue weighted by molar-refractivity contribution is 7.10. The maximum Gasteiger partial charge on any atom is 0.164 e. The van der Waals surface area contributed by atoms with Crippen molar-refractivity contribution in [2.24, 2.45) is 0 Å². The van der Waals surface area contributed by atoms with Gasteiger partial charge in [0.05, 0.1) is 17.7 Å². The van der Waals surface area contributed by atoms with Gasteiger partial charge in [-0.3, -0.25) is 0 Å². The molecule has 154 valence electrons. The van der Waals surface area contributed by atoms with E-state index >= 15 is 0 Å². The lowest BCUT2D eigenvalue weighted by Crippen LogP contribution is -2.45. The number of aliphatic hydroxyl groups excluding tert-OH is 1. The number of thiophene rings is 1. The molecule has 1 fully saturated rings. The molecule has 4 rings (SSSR count). The Morgan fingerprint density at radius 3 is 2.76 bits per heavy atom. The van der Waals surface area contributed by atoms with E-state index in [1.807, 2.05) is 41.9 Å². The van der Waals surface area contributed by atoms with Gasteiger partial charge in [0, 0.05) is 29.4 Å². The number of aromatic nitrogens is 2. The van der Waals surface area contributed by atoms with Crippen LogP contribution in [0.2, 0.25) is 5.02 Å². The number of hydrogen-bond donors (Lipinski definition) is 1. The number of rotatable bonds is 6. The minimum atomic E-state index is -0.722. The van der Waals surface area contributed by atoms with E-state index in [1.165, 1.54) is 0 Å². The van der Waals surface area contributed by atoms with E-state index in [4.69, 9.17) is 21.4 Å². The summed E-state index contributed by atoms with van der Waals surface area (Å²) in [4.78, 5) is 5.29. The Bertz CT molecular complexity index is 938. The van der Waals surface area contributed by atoms with Crippen molar-refractivity contribution in [1.82, 2.24) is 14.7 Å². The number of aliphatic hydroxyl groups is 1. The van der Waals surface area contributed by atoms with Gasteiger partial charge in [0.2, 0.25) is 0 Å². The summed E-state index contributed by atoms with van der Waals surface area (Å²) in [6.07, 6.45) is 3.14. The molecule has 1 saturated heterocycles. The zero-order valence-electron chi connectivity index (χ0n) is 16.5. The maximum absolute atomic E-state index is 11.2. The molecule has 1 aliphatic heterocycles. The highest BCUT2D eigenvalue weighted by atomic mass is 35.5. The van der Waals surface area contributed by atoms with Gasteiger partial charge in [0.15, 0.2) is 12.0 Å². The molecule has 0 radical (unpaired) electrons. The summed E-state index contributed by atoms with van der Waals surface area (Å²) >= 11 is 7.78. The Labute approximate surface area is 179 Å². The van der Waals surface area contributed by atoms with Gasteiger partial charge >= 0.3 is 0 Å². The molecule has 0 bridgehead atoms. The van der Waals surface area contributed by atoms with Gasteiger partial charge in [0.25, 0.3) is 0 Å². The normalized spacial score (nSPS) is 16.7. The van der Waals surface area contributed by atoms with Gasteiger partial charge in [-0.05, 0) is 56.6 Å². The Hall–Kier alpha value is -2.06. The number of likely N-dealkylation sites (tertiary alicyclic amines) is 1. The summed E-state index contributed by atoms with van der Waals surface area (Å²) in [5, 5.41) is 18.5. The maximum atomic E-state index is 11.2. The van der Waals surface area contributed by atoms with Gasteiger partial charge in [-0.15, -0.1) is 11.3 Å². The van der Waals surface area contributed by atoms with Crippen LogP contribution in [-0.2, 0) is 0 Å². The minimum Gasteiger partial charge on any atom is -0.497 e. The SMILES string of the molecule is COc1cc(Cl)cc(-n2ccc(N(C3CCN(C)CC3)C(O)c3cccs3)n2)c1. The molecule has 3 aromatic rings. The average Bonchev–Trinajstić information content (AvgIpc) is 3.41. The zero-order valence-corrected chi connectivity index (χ0v) is 18.1. The summed E-state index contributed by atoms with van der Waals surface area (Å²) in [7, 11) is 3.75. The number of piperidine rings is 1. The topological polar surface area (TPSA) is 53.8 Å². The van der Waals surface area contributed by atoms with Crippen LogP contribution >= 0.6 is 22.9 Å². The van der Waals surface area contributed by atoms with Crippen molar-refractivity contribution in [3.63, 3.8) is 0 Å². The number of halogens is 1. The van der Waals surface area contributed by atoms with Crippen molar-refractivity contribution in [1.29, 1.82) is 0 Å². The van der Waals surface area contributed by atoms with Crippen molar-refractivity contribution >= 4 is 28.8 Å². The minimum absolute atomic E-state index is 0.223. The second-order valence-corrected chi connectivity index (χ2v) is 8.71. The van der Waals surface area contributed by atoms with Crippen LogP contribution < -0.4 is 9.64 Å². The zero-order chi connectivity index (χ0) is 20.4. The Kier molecular flexibility index (Phi) is 6.10. The fourth-order valence-electron chi connectivity index (χ4n) is 3.75. The number of ether oxygens (including phenoxy) is 1. The predicted octanol–water partition coefficient (Wildman–Crippen LogP) is 4.19. The largest absolute Gasteiger partial charge is 0.497 e. The van der Waals surface area contributed by atoms with Crippen LogP contribution in [0.5, 0.6) is 5.75 Å². The molecule has 0 aliphatic carbocycles. The first-order valence-electron chi connectivity index (χ1n) is 9.64. The molecular formula is C21H25ClN4O2S. The second kappa shape index (κ2) is 8.75. The lowest BCUT2D eigenvalue weighted by Gasteiger charge is -2.39. The molecule has 0 spiro atoms. The van der Waals surface area contributed by atoms with Crippen LogP contribution in [0.1, 0.15) is 23.9 Å². The molecule has 6 nitrogen and oxygen atoms in total. The molecule has 3 heterocycles. The molecular weight excluding hydrogens is 408 g/mol. The van der Waals surface area contributed by atoms with Gasteiger partial charge in [-0.1, -0.05) is 17.7 Å². The standard InChI is InChI=1S/C21H25ClN4O2S/c1-24-8-5-16(6-9-24)26(21(27)19-4-3-11-29-19)20-7-10-25(23-20)17-12-15(22)13-18(14-17)28-2/h3-4,7,10-14,16,21,27H,5-6,8-9H2,1-2H3. The number of hydrogen-bond acceptors (Lipinski definition) is 6. The van der Waals surface area contributed by atoms with Crippen LogP contribution in [0.4, 0.5) is 5.82 Å². The quantitative estimate of drug-likeness (QED) is 0.592. The number of methoxy groups -OCH3 is 1. The van der Waals surface area contributed by atoms with Gasteiger partial charge in [-0.25, -0.2) is 4.68 Å². The molecule has 0 amide bonds. The van der Waals surface area contributed by atoms with Crippen molar-refractivity contribution < 1.29 is 9.84 Å². The number of anilines is 1. The van der Waals surface area contributed by atoms with Crippen LogP contribution in [0.15, 0.2) is 48.0 Å². The lowest BCUT2D eigenvalue weighted by atomic mass is 10.0. The molecule has 1 N–H and O–H groups in total. The molecule has 29 heavy (non-hydrogen) atoms. The first-order chi connectivity index (χ1) is 14.0. The van der Waals surface area contributed by atoms with Gasteiger partial charge in [-0.2, -0.15) is 5.10 Å². The Balaban J connectivity index is 1.67. The molecule has 1 atom stereocenters. The summed E-state index contributed by atoms with van der Waals surface area (Å²) in [5.41, 5.74) is 0.814. The first kappa shape index (κ1) is 20.2. The first-order valence-corrected chi connectivity index (χ1v) is 10.9. The van der Waals surface area contributed by atoms with E-state index in [9.17, 15) is 5.11 Å². The van der Waals surface area contributed by atoms with Gasteiger partial charge in [0.1, 0.15) is 5.75 Å². The highest BCUT2D eigenvalue weighted by Crippen LogP contribution is 2.33. The highest BCUT2D eigenvalue weighted by Gasteiger charge is 2.31. The molecule has 8 heteroatoms. The summed E-state index contributed by atoms with van der Waals surface area (Å²) in [6, 6.07) is 11.6. The van der Waals surface area contributed by atoms with Crippen LogP contribution in [-0.4, -0.2) is 53.1 Å². The average molecular weight is 433 g/mol. The summed E-state index contributed by atoms with van der Waals surface area (Å²) < 4.78 is 7.10. The van der Waals surface area contributed by atoms with E-state index < -0.39 is 6.23 Å². The van der Waals surface area contributed by atoms with Crippen LogP contribution in [0, 0.1) is 0 Å². The van der Waals surface area contributed by atoms with Gasteiger partial charge < -0.3 is 19.6 Å². The van der Waals surface area contributed by atoms with Crippen LogP contribution in [0.3, 0.4) is 0 Å². The third kappa shape index (κ3) is 4.43. The molecule has 1 unspecified atom stereocenters. The van der Waals surface area contributed by atoms with Crippen molar-refractivity contribution in [2.75, 3.05) is 32.1 Å².